The van der Waals surface area contributed by atoms with E-state index in [0.29, 0.717) is 6.04 Å². The van der Waals surface area contributed by atoms with Crippen molar-refractivity contribution in [3.8, 4) is 6.07 Å². The number of benzene rings is 1. The van der Waals surface area contributed by atoms with Crippen LogP contribution < -0.4 is 5.32 Å². The number of hydrogen-bond donors (Lipinski definition) is 1. The molecule has 1 N–H and O–H groups in total. The Morgan fingerprint density at radius 3 is 2.79 bits per heavy atom. The van der Waals surface area contributed by atoms with Crippen LogP contribution in [-0.2, 0) is 6.42 Å². The highest BCUT2D eigenvalue weighted by atomic mass is 14.9. The zero-order valence-electron chi connectivity index (χ0n) is 11.9. The lowest BCUT2D eigenvalue weighted by molar-refractivity contribution is 0.397. The van der Waals surface area contributed by atoms with Crippen LogP contribution in [0.2, 0.25) is 0 Å². The second kappa shape index (κ2) is 7.31. The van der Waals surface area contributed by atoms with Gasteiger partial charge < -0.3 is 5.32 Å². The molecule has 0 bridgehead atoms. The summed E-state index contributed by atoms with van der Waals surface area (Å²) in [5.41, 5.74) is 2.78. The molecule has 0 amide bonds. The molecule has 2 atom stereocenters. The number of nitrogens with zero attached hydrogens (tertiary/aromatic N) is 1. The van der Waals surface area contributed by atoms with E-state index < -0.39 is 0 Å². The topological polar surface area (TPSA) is 35.8 Å². The van der Waals surface area contributed by atoms with Gasteiger partial charge in [-0.1, -0.05) is 43.5 Å². The molecular formula is C17H24N2. The maximum absolute atomic E-state index is 9.26. The maximum Gasteiger partial charge on any atom is 0.0672 e. The first kappa shape index (κ1) is 14.1. The summed E-state index contributed by atoms with van der Waals surface area (Å²) in [7, 11) is 0. The molecule has 1 saturated carbocycles. The van der Waals surface area contributed by atoms with Crippen LogP contribution in [0.1, 0.15) is 43.2 Å². The summed E-state index contributed by atoms with van der Waals surface area (Å²) in [5.74, 6) is 0.208. The van der Waals surface area contributed by atoms with Gasteiger partial charge in [0, 0.05) is 6.04 Å². The molecule has 0 heterocycles. The molecule has 2 heteroatoms. The smallest absolute Gasteiger partial charge is 0.0672 e. The molecule has 1 aliphatic rings. The molecule has 1 fully saturated rings. The lowest BCUT2D eigenvalue weighted by atomic mass is 9.96. The summed E-state index contributed by atoms with van der Waals surface area (Å²) in [6.07, 6.45) is 7.05. The van der Waals surface area contributed by atoms with Crippen LogP contribution in [0.5, 0.6) is 0 Å². The van der Waals surface area contributed by atoms with Gasteiger partial charge in [-0.25, -0.2) is 0 Å². The predicted molar refractivity (Wildman–Crippen MR) is 78.9 cm³/mol. The molecule has 0 radical (unpaired) electrons. The van der Waals surface area contributed by atoms with E-state index in [1.54, 1.807) is 0 Å². The highest BCUT2D eigenvalue weighted by Gasteiger charge is 2.22. The first-order valence-electron chi connectivity index (χ1n) is 7.49. The molecule has 0 aliphatic heterocycles. The molecule has 1 aromatic carbocycles. The zero-order chi connectivity index (χ0) is 13.5. The van der Waals surface area contributed by atoms with Gasteiger partial charge in [0.15, 0.2) is 0 Å². The first-order chi connectivity index (χ1) is 9.31. The Morgan fingerprint density at radius 1 is 1.21 bits per heavy atom. The normalized spacial score (nSPS) is 23.6. The molecule has 102 valence electrons. The maximum atomic E-state index is 9.26. The lowest BCUT2D eigenvalue weighted by Gasteiger charge is -2.21. The van der Waals surface area contributed by atoms with Gasteiger partial charge in [-0.05, 0) is 43.9 Å². The summed E-state index contributed by atoms with van der Waals surface area (Å²) in [5, 5.41) is 12.9. The highest BCUT2D eigenvalue weighted by molar-refractivity contribution is 5.25. The Hall–Kier alpha value is -1.33. The Balaban J connectivity index is 1.84. The van der Waals surface area contributed by atoms with Crippen LogP contribution in [0.3, 0.4) is 0 Å². The fourth-order valence-electron chi connectivity index (χ4n) is 2.99. The number of nitriles is 1. The Bertz CT molecular complexity index is 433. The standard InChI is InChI=1S/C17H24N2/c1-14-7-5-6-8-15(14)11-12-19-17-10-4-2-3-9-16(17)13-18/h5-8,16-17,19H,2-4,9-12H2,1H3. The zero-order valence-corrected chi connectivity index (χ0v) is 11.9. The van der Waals surface area contributed by atoms with E-state index in [-0.39, 0.29) is 5.92 Å². The Kier molecular flexibility index (Phi) is 5.42. The minimum Gasteiger partial charge on any atom is -0.312 e. The van der Waals surface area contributed by atoms with Crippen molar-refractivity contribution in [3.63, 3.8) is 0 Å². The molecule has 1 aliphatic carbocycles. The summed E-state index contributed by atoms with van der Waals surface area (Å²) in [6, 6.07) is 11.4. The largest absolute Gasteiger partial charge is 0.312 e. The van der Waals surface area contributed by atoms with Crippen molar-refractivity contribution in [1.82, 2.24) is 5.32 Å². The van der Waals surface area contributed by atoms with E-state index in [9.17, 15) is 5.26 Å². The second-order valence-corrected chi connectivity index (χ2v) is 5.61. The Labute approximate surface area is 116 Å². The minimum absolute atomic E-state index is 0.208. The van der Waals surface area contributed by atoms with Crippen LogP contribution in [0.4, 0.5) is 0 Å². The van der Waals surface area contributed by atoms with Gasteiger partial charge in [0.1, 0.15) is 0 Å². The van der Waals surface area contributed by atoms with Crippen LogP contribution >= 0.6 is 0 Å². The summed E-state index contributed by atoms with van der Waals surface area (Å²) in [6.45, 7) is 3.15. The molecule has 0 saturated heterocycles. The summed E-state index contributed by atoms with van der Waals surface area (Å²) >= 11 is 0. The molecule has 19 heavy (non-hydrogen) atoms. The number of aryl methyl sites for hydroxylation is 1. The second-order valence-electron chi connectivity index (χ2n) is 5.61. The van der Waals surface area contributed by atoms with Crippen molar-refractivity contribution in [1.29, 1.82) is 5.26 Å². The van der Waals surface area contributed by atoms with Crippen LogP contribution in [0, 0.1) is 24.2 Å². The van der Waals surface area contributed by atoms with Crippen molar-refractivity contribution in [2.45, 2.75) is 51.5 Å². The van der Waals surface area contributed by atoms with Gasteiger partial charge in [0.2, 0.25) is 0 Å². The molecule has 1 aromatic rings. The summed E-state index contributed by atoms with van der Waals surface area (Å²) in [4.78, 5) is 0. The molecule has 0 aromatic heterocycles. The van der Waals surface area contributed by atoms with Gasteiger partial charge in [0.05, 0.1) is 12.0 Å². The van der Waals surface area contributed by atoms with Gasteiger partial charge >= 0.3 is 0 Å². The summed E-state index contributed by atoms with van der Waals surface area (Å²) < 4.78 is 0. The van der Waals surface area contributed by atoms with Gasteiger partial charge in [-0.3, -0.25) is 0 Å². The van der Waals surface area contributed by atoms with Crippen molar-refractivity contribution < 1.29 is 0 Å². The van der Waals surface area contributed by atoms with Crippen molar-refractivity contribution in [2.24, 2.45) is 5.92 Å². The molecular weight excluding hydrogens is 232 g/mol. The molecule has 2 nitrogen and oxygen atoms in total. The van der Waals surface area contributed by atoms with Crippen molar-refractivity contribution in [3.05, 3.63) is 35.4 Å². The molecule has 0 spiro atoms. The molecule has 2 unspecified atom stereocenters. The highest BCUT2D eigenvalue weighted by Crippen LogP contribution is 2.23. The van der Waals surface area contributed by atoms with Crippen LogP contribution in [-0.4, -0.2) is 12.6 Å². The quantitative estimate of drug-likeness (QED) is 0.835. The third-order valence-corrected chi connectivity index (χ3v) is 4.24. The minimum atomic E-state index is 0.208. The van der Waals surface area contributed by atoms with Gasteiger partial charge in [0.25, 0.3) is 0 Å². The fourth-order valence-corrected chi connectivity index (χ4v) is 2.99. The SMILES string of the molecule is Cc1ccccc1CCNC1CCCCCC1C#N. The number of hydrogen-bond acceptors (Lipinski definition) is 2. The van der Waals surface area contributed by atoms with E-state index in [1.165, 1.54) is 30.4 Å². The Morgan fingerprint density at radius 2 is 2.00 bits per heavy atom. The monoisotopic (exact) mass is 256 g/mol. The van der Waals surface area contributed by atoms with Gasteiger partial charge in [-0.2, -0.15) is 5.26 Å². The number of rotatable bonds is 4. The first-order valence-corrected chi connectivity index (χ1v) is 7.49. The van der Waals surface area contributed by atoms with E-state index in [1.807, 2.05) is 0 Å². The third kappa shape index (κ3) is 4.08. The van der Waals surface area contributed by atoms with E-state index in [4.69, 9.17) is 0 Å². The molecule has 2 rings (SSSR count). The van der Waals surface area contributed by atoms with Crippen molar-refractivity contribution in [2.75, 3.05) is 6.54 Å². The van der Waals surface area contributed by atoms with Crippen LogP contribution in [0.15, 0.2) is 24.3 Å². The fraction of sp³-hybridized carbons (Fsp3) is 0.588. The lowest BCUT2D eigenvalue weighted by Crippen LogP contribution is -2.36. The number of nitrogens with one attached hydrogen (secondary N) is 1. The van der Waals surface area contributed by atoms with Gasteiger partial charge in [-0.15, -0.1) is 0 Å². The predicted octanol–water partition coefficient (Wildman–Crippen LogP) is 3.60. The van der Waals surface area contributed by atoms with E-state index in [0.717, 1.165) is 25.8 Å². The van der Waals surface area contributed by atoms with Crippen LogP contribution in [0.25, 0.3) is 0 Å². The average Bonchev–Trinajstić information content (AvgIpc) is 2.66. The van der Waals surface area contributed by atoms with Crippen molar-refractivity contribution >= 4 is 0 Å². The van der Waals surface area contributed by atoms with E-state index >= 15 is 0 Å². The third-order valence-electron chi connectivity index (χ3n) is 4.24. The van der Waals surface area contributed by atoms with E-state index in [2.05, 4.69) is 42.6 Å². The average molecular weight is 256 g/mol.